The van der Waals surface area contributed by atoms with Gasteiger partial charge in [-0.3, -0.25) is 10.1 Å². The van der Waals surface area contributed by atoms with Gasteiger partial charge in [0.2, 0.25) is 0 Å². The SMILES string of the molecule is CCOC(Cc1ccc(OCCN(CC2CCC2)C(=O)Nc2ccc(C)c([N+](=O)[O-])c2)cc1)C(=O)O. The molecular weight excluding hydrogens is 466 g/mol. The zero-order chi connectivity index (χ0) is 26.1. The molecule has 1 aliphatic rings. The number of rotatable bonds is 13. The number of aryl methyl sites for hydroxylation is 1. The Morgan fingerprint density at radius 1 is 1.22 bits per heavy atom. The lowest BCUT2D eigenvalue weighted by Crippen LogP contribution is -2.42. The predicted octanol–water partition coefficient (Wildman–Crippen LogP) is 4.65. The third-order valence-corrected chi connectivity index (χ3v) is 6.27. The fourth-order valence-electron chi connectivity index (χ4n) is 3.98. The van der Waals surface area contributed by atoms with Crippen LogP contribution in [-0.4, -0.2) is 59.3 Å². The van der Waals surface area contributed by atoms with Gasteiger partial charge in [0.05, 0.1) is 11.5 Å². The molecule has 10 nitrogen and oxygen atoms in total. The van der Waals surface area contributed by atoms with Crippen molar-refractivity contribution in [2.24, 2.45) is 5.92 Å². The number of anilines is 1. The van der Waals surface area contributed by atoms with E-state index in [4.69, 9.17) is 9.47 Å². The standard InChI is InChI=1S/C26H33N3O7/c1-3-35-24(25(30)31)15-19-8-11-22(12-9-19)36-14-13-28(17-20-5-4-6-20)26(32)27-21-10-7-18(2)23(16-21)29(33)34/h7-12,16,20,24H,3-6,13-15,17H2,1-2H3,(H,27,32)(H,30,31). The Morgan fingerprint density at radius 2 is 1.94 bits per heavy atom. The first-order valence-corrected chi connectivity index (χ1v) is 12.1. The van der Waals surface area contributed by atoms with Crippen LogP contribution in [0.4, 0.5) is 16.2 Å². The maximum atomic E-state index is 13.0. The molecule has 1 aliphatic carbocycles. The molecule has 0 heterocycles. The first-order valence-electron chi connectivity index (χ1n) is 12.1. The van der Waals surface area contributed by atoms with Crippen molar-refractivity contribution in [1.82, 2.24) is 4.90 Å². The number of carbonyl (C=O) groups is 2. The number of nitro groups is 1. The number of hydrogen-bond donors (Lipinski definition) is 2. The number of hydrogen-bond acceptors (Lipinski definition) is 6. The fraction of sp³-hybridized carbons (Fsp3) is 0.462. The third-order valence-electron chi connectivity index (χ3n) is 6.27. The molecule has 1 fully saturated rings. The maximum absolute atomic E-state index is 13.0. The van der Waals surface area contributed by atoms with Gasteiger partial charge in [0.1, 0.15) is 12.4 Å². The normalized spacial score (nSPS) is 13.9. The summed E-state index contributed by atoms with van der Waals surface area (Å²) in [6.45, 7) is 4.94. The fourth-order valence-corrected chi connectivity index (χ4v) is 3.98. The lowest BCUT2D eigenvalue weighted by Gasteiger charge is -2.32. The van der Waals surface area contributed by atoms with E-state index < -0.39 is 17.0 Å². The number of carboxylic acids is 1. The Morgan fingerprint density at radius 3 is 2.53 bits per heavy atom. The summed E-state index contributed by atoms with van der Waals surface area (Å²) >= 11 is 0. The topological polar surface area (TPSA) is 131 Å². The van der Waals surface area contributed by atoms with Crippen LogP contribution in [0.15, 0.2) is 42.5 Å². The van der Waals surface area contributed by atoms with Crippen LogP contribution in [0.1, 0.15) is 37.3 Å². The number of aliphatic carboxylic acids is 1. The first-order chi connectivity index (χ1) is 17.3. The van der Waals surface area contributed by atoms with Crippen molar-refractivity contribution >= 4 is 23.4 Å². The summed E-state index contributed by atoms with van der Waals surface area (Å²) in [6.07, 6.45) is 2.66. The van der Waals surface area contributed by atoms with Crippen molar-refractivity contribution in [3.05, 3.63) is 63.7 Å². The Bertz CT molecular complexity index is 1050. The number of nitro benzene ring substituents is 1. The molecule has 0 radical (unpaired) electrons. The molecule has 0 aromatic heterocycles. The van der Waals surface area contributed by atoms with E-state index >= 15 is 0 Å². The van der Waals surface area contributed by atoms with Gasteiger partial charge in [-0.2, -0.15) is 0 Å². The van der Waals surface area contributed by atoms with Gasteiger partial charge in [0, 0.05) is 36.9 Å². The van der Waals surface area contributed by atoms with Crippen LogP contribution in [0.3, 0.4) is 0 Å². The number of ether oxygens (including phenoxy) is 2. The number of carbonyl (C=O) groups excluding carboxylic acids is 1. The van der Waals surface area contributed by atoms with Crippen molar-refractivity contribution in [3.8, 4) is 5.75 Å². The van der Waals surface area contributed by atoms with Gasteiger partial charge in [0.25, 0.3) is 5.69 Å². The average Bonchev–Trinajstić information content (AvgIpc) is 2.81. The number of benzene rings is 2. The smallest absolute Gasteiger partial charge is 0.333 e. The van der Waals surface area contributed by atoms with Crippen LogP contribution in [0.2, 0.25) is 0 Å². The minimum atomic E-state index is -0.998. The summed E-state index contributed by atoms with van der Waals surface area (Å²) in [4.78, 5) is 36.7. The average molecular weight is 500 g/mol. The minimum Gasteiger partial charge on any atom is -0.492 e. The van der Waals surface area contributed by atoms with Gasteiger partial charge in [-0.1, -0.05) is 24.6 Å². The number of nitrogens with one attached hydrogen (secondary N) is 1. The second-order valence-electron chi connectivity index (χ2n) is 8.91. The molecule has 1 atom stereocenters. The van der Waals surface area contributed by atoms with Crippen LogP contribution in [-0.2, 0) is 16.0 Å². The van der Waals surface area contributed by atoms with Gasteiger partial charge < -0.3 is 24.8 Å². The maximum Gasteiger partial charge on any atom is 0.333 e. The summed E-state index contributed by atoms with van der Waals surface area (Å²) in [5.74, 6) is 0.0531. The Kier molecular flexibility index (Phi) is 9.63. The molecule has 2 aromatic carbocycles. The predicted molar refractivity (Wildman–Crippen MR) is 134 cm³/mol. The van der Waals surface area contributed by atoms with Crippen LogP contribution in [0, 0.1) is 23.0 Å². The second kappa shape index (κ2) is 12.9. The third kappa shape index (κ3) is 7.67. The largest absolute Gasteiger partial charge is 0.492 e. The molecule has 3 rings (SSSR count). The van der Waals surface area contributed by atoms with Crippen LogP contribution >= 0.6 is 0 Å². The molecule has 36 heavy (non-hydrogen) atoms. The van der Waals surface area contributed by atoms with Gasteiger partial charge in [-0.15, -0.1) is 0 Å². The Balaban J connectivity index is 1.57. The molecule has 1 unspecified atom stereocenters. The molecular formula is C26H33N3O7. The molecule has 0 aliphatic heterocycles. The summed E-state index contributed by atoms with van der Waals surface area (Å²) < 4.78 is 11.1. The highest BCUT2D eigenvalue weighted by atomic mass is 16.6. The highest BCUT2D eigenvalue weighted by Gasteiger charge is 2.24. The number of carboxylic acid groups (broad SMARTS) is 1. The lowest BCUT2D eigenvalue weighted by atomic mass is 9.85. The van der Waals surface area contributed by atoms with Crippen molar-refractivity contribution in [1.29, 1.82) is 0 Å². The molecule has 2 aromatic rings. The van der Waals surface area contributed by atoms with Crippen LogP contribution in [0.5, 0.6) is 5.75 Å². The zero-order valence-corrected chi connectivity index (χ0v) is 20.6. The van der Waals surface area contributed by atoms with Gasteiger partial charge in [-0.05, 0) is 56.4 Å². The molecule has 10 heteroatoms. The second-order valence-corrected chi connectivity index (χ2v) is 8.91. The van der Waals surface area contributed by atoms with Crippen LogP contribution < -0.4 is 10.1 Å². The van der Waals surface area contributed by atoms with Crippen molar-refractivity contribution < 1.29 is 29.1 Å². The van der Waals surface area contributed by atoms with E-state index in [0.717, 1.165) is 24.8 Å². The molecule has 0 bridgehead atoms. The van der Waals surface area contributed by atoms with Gasteiger partial charge >= 0.3 is 12.0 Å². The molecule has 2 amide bonds. The van der Waals surface area contributed by atoms with Gasteiger partial charge in [-0.25, -0.2) is 9.59 Å². The van der Waals surface area contributed by atoms with Crippen molar-refractivity contribution in [2.45, 2.75) is 45.6 Å². The summed E-state index contributed by atoms with van der Waals surface area (Å²) in [5.41, 5.74) is 1.68. The quantitative estimate of drug-likeness (QED) is 0.303. The molecule has 194 valence electrons. The van der Waals surface area contributed by atoms with E-state index in [1.165, 1.54) is 6.07 Å². The summed E-state index contributed by atoms with van der Waals surface area (Å²) in [5, 5.41) is 23.3. The minimum absolute atomic E-state index is 0.0407. The van der Waals surface area contributed by atoms with E-state index in [1.807, 2.05) is 0 Å². The van der Waals surface area contributed by atoms with Crippen LogP contribution in [0.25, 0.3) is 0 Å². The molecule has 1 saturated carbocycles. The van der Waals surface area contributed by atoms with E-state index in [1.54, 1.807) is 55.1 Å². The molecule has 2 N–H and O–H groups in total. The number of nitrogens with zero attached hydrogens (tertiary/aromatic N) is 2. The van der Waals surface area contributed by atoms with Crippen molar-refractivity contribution in [3.63, 3.8) is 0 Å². The van der Waals surface area contributed by atoms with Gasteiger partial charge in [0.15, 0.2) is 6.10 Å². The first kappa shape index (κ1) is 26.9. The van der Waals surface area contributed by atoms with E-state index in [9.17, 15) is 24.8 Å². The molecule has 0 saturated heterocycles. The Labute approximate surface area is 210 Å². The van der Waals surface area contributed by atoms with E-state index in [2.05, 4.69) is 5.32 Å². The molecule has 0 spiro atoms. The highest BCUT2D eigenvalue weighted by molar-refractivity contribution is 5.89. The monoisotopic (exact) mass is 499 g/mol. The van der Waals surface area contributed by atoms with Crippen molar-refractivity contribution in [2.75, 3.05) is 31.6 Å². The summed E-state index contributed by atoms with van der Waals surface area (Å²) in [6, 6.07) is 11.4. The zero-order valence-electron chi connectivity index (χ0n) is 20.6. The Hall–Kier alpha value is -3.66. The number of urea groups is 1. The number of amides is 2. The summed E-state index contributed by atoms with van der Waals surface area (Å²) in [7, 11) is 0. The lowest BCUT2D eigenvalue weighted by molar-refractivity contribution is -0.385. The highest BCUT2D eigenvalue weighted by Crippen LogP contribution is 2.28. The van der Waals surface area contributed by atoms with E-state index in [0.29, 0.717) is 42.6 Å². The van der Waals surface area contributed by atoms with E-state index in [-0.39, 0.29) is 24.7 Å².